The van der Waals surface area contributed by atoms with Crippen LogP contribution in [0.2, 0.25) is 0 Å². The van der Waals surface area contributed by atoms with Crippen LogP contribution >= 0.6 is 11.3 Å². The van der Waals surface area contributed by atoms with E-state index in [0.717, 1.165) is 59.7 Å². The lowest BCUT2D eigenvalue weighted by Gasteiger charge is -2.31. The second-order valence-corrected chi connectivity index (χ2v) is 6.99. The molecule has 1 aliphatic heterocycles. The number of nitrogens with zero attached hydrogens (tertiary/aromatic N) is 3. The van der Waals surface area contributed by atoms with Crippen molar-refractivity contribution in [1.82, 2.24) is 20.1 Å². The summed E-state index contributed by atoms with van der Waals surface area (Å²) in [7, 11) is 0. The van der Waals surface area contributed by atoms with Crippen LogP contribution < -0.4 is 0 Å². The fourth-order valence-electron chi connectivity index (χ4n) is 2.97. The van der Waals surface area contributed by atoms with Crippen LogP contribution in [0.3, 0.4) is 0 Å². The average Bonchev–Trinajstić information content (AvgIpc) is 3.29. The number of aromatic amines is 1. The van der Waals surface area contributed by atoms with Crippen LogP contribution in [-0.4, -0.2) is 39.8 Å². The molecule has 1 aliphatic rings. The van der Waals surface area contributed by atoms with Crippen molar-refractivity contribution in [3.8, 4) is 11.5 Å². The number of aryl methyl sites for hydroxylation is 2. The molecular weight excluding hydrogens is 324 g/mol. The molecule has 1 fully saturated rings. The van der Waals surface area contributed by atoms with Gasteiger partial charge in [-0.3, -0.25) is 10.00 Å². The number of aromatic nitrogens is 3. The van der Waals surface area contributed by atoms with Crippen LogP contribution in [0.5, 0.6) is 0 Å². The lowest BCUT2D eigenvalue weighted by molar-refractivity contribution is -0.0330. The van der Waals surface area contributed by atoms with Crippen LogP contribution in [0.4, 0.5) is 0 Å². The summed E-state index contributed by atoms with van der Waals surface area (Å²) in [6, 6.07) is 3.95. The maximum atomic E-state index is 5.91. The number of nitrogens with one attached hydrogen (secondary N) is 1. The third-order valence-corrected chi connectivity index (χ3v) is 5.22. The molecular formula is C17H20N4O2S. The topological polar surface area (TPSA) is 67.2 Å². The highest BCUT2D eigenvalue weighted by Crippen LogP contribution is 2.28. The van der Waals surface area contributed by atoms with E-state index < -0.39 is 0 Å². The van der Waals surface area contributed by atoms with Crippen molar-refractivity contribution in [1.29, 1.82) is 0 Å². The lowest BCUT2D eigenvalue weighted by Crippen LogP contribution is -2.37. The first kappa shape index (κ1) is 15.6. The third kappa shape index (κ3) is 3.15. The van der Waals surface area contributed by atoms with E-state index in [0.29, 0.717) is 0 Å². The summed E-state index contributed by atoms with van der Waals surface area (Å²) in [5, 5.41) is 10.4. The van der Waals surface area contributed by atoms with Gasteiger partial charge in [-0.2, -0.15) is 5.10 Å². The minimum Gasteiger partial charge on any atom is -0.460 e. The number of rotatable bonds is 4. The van der Waals surface area contributed by atoms with Gasteiger partial charge < -0.3 is 9.15 Å². The molecule has 0 bridgehead atoms. The van der Waals surface area contributed by atoms with Crippen molar-refractivity contribution in [2.45, 2.75) is 26.5 Å². The summed E-state index contributed by atoms with van der Waals surface area (Å²) in [6.07, 6.45) is 1.93. The highest BCUT2D eigenvalue weighted by molar-refractivity contribution is 7.09. The molecule has 1 saturated heterocycles. The Morgan fingerprint density at radius 3 is 3.04 bits per heavy atom. The number of H-pyrrole nitrogens is 1. The van der Waals surface area contributed by atoms with Gasteiger partial charge in [-0.25, -0.2) is 4.98 Å². The molecule has 24 heavy (non-hydrogen) atoms. The van der Waals surface area contributed by atoms with Crippen molar-refractivity contribution in [3.05, 3.63) is 45.7 Å². The first-order chi connectivity index (χ1) is 11.7. The molecule has 4 heterocycles. The van der Waals surface area contributed by atoms with Crippen LogP contribution in [-0.2, 0) is 11.3 Å². The Labute approximate surface area is 144 Å². The van der Waals surface area contributed by atoms with Gasteiger partial charge in [0, 0.05) is 36.3 Å². The van der Waals surface area contributed by atoms with Crippen molar-refractivity contribution in [2.24, 2.45) is 0 Å². The maximum Gasteiger partial charge on any atom is 0.152 e. The number of hydrogen-bond acceptors (Lipinski definition) is 6. The molecule has 0 aromatic carbocycles. The monoisotopic (exact) mass is 344 g/mol. The number of morpholine rings is 1. The summed E-state index contributed by atoms with van der Waals surface area (Å²) in [5.41, 5.74) is 3.15. The molecule has 0 spiro atoms. The van der Waals surface area contributed by atoms with Gasteiger partial charge in [-0.15, -0.1) is 11.3 Å². The molecule has 7 heteroatoms. The average molecular weight is 344 g/mol. The Kier molecular flexibility index (Phi) is 4.22. The van der Waals surface area contributed by atoms with Gasteiger partial charge in [-0.05, 0) is 26.0 Å². The van der Waals surface area contributed by atoms with E-state index in [4.69, 9.17) is 9.15 Å². The molecule has 6 nitrogen and oxygen atoms in total. The van der Waals surface area contributed by atoms with E-state index in [2.05, 4.69) is 25.5 Å². The number of ether oxygens (including phenoxy) is 1. The normalized spacial score (nSPS) is 19.0. The Morgan fingerprint density at radius 2 is 2.29 bits per heavy atom. The molecule has 3 aromatic heterocycles. The van der Waals surface area contributed by atoms with Gasteiger partial charge in [0.15, 0.2) is 5.76 Å². The quantitative estimate of drug-likeness (QED) is 0.786. The van der Waals surface area contributed by atoms with Crippen molar-refractivity contribution in [2.75, 3.05) is 19.7 Å². The zero-order chi connectivity index (χ0) is 16.5. The molecule has 3 aromatic rings. The zero-order valence-electron chi connectivity index (χ0n) is 13.8. The SMILES string of the molecule is Cc1csc([C@H]2CN(Cc3cn[nH]c3-c3ccc(C)o3)CCO2)n1. The number of hydrogen-bond donors (Lipinski definition) is 1. The fraction of sp³-hybridized carbons (Fsp3) is 0.412. The predicted molar refractivity (Wildman–Crippen MR) is 91.8 cm³/mol. The lowest BCUT2D eigenvalue weighted by atomic mass is 10.1. The maximum absolute atomic E-state index is 5.91. The van der Waals surface area contributed by atoms with E-state index in [9.17, 15) is 0 Å². The van der Waals surface area contributed by atoms with Gasteiger partial charge in [0.25, 0.3) is 0 Å². The summed E-state index contributed by atoms with van der Waals surface area (Å²) in [6.45, 7) is 7.25. The summed E-state index contributed by atoms with van der Waals surface area (Å²) >= 11 is 1.67. The van der Waals surface area contributed by atoms with E-state index in [1.807, 2.05) is 32.2 Å². The van der Waals surface area contributed by atoms with Crippen molar-refractivity contribution < 1.29 is 9.15 Å². The molecule has 0 unspecified atom stereocenters. The van der Waals surface area contributed by atoms with Gasteiger partial charge >= 0.3 is 0 Å². The van der Waals surface area contributed by atoms with Crippen LogP contribution in [0, 0.1) is 13.8 Å². The molecule has 0 saturated carbocycles. The summed E-state index contributed by atoms with van der Waals surface area (Å²) in [4.78, 5) is 6.95. The minimum absolute atomic E-state index is 0.0543. The number of furan rings is 1. The minimum atomic E-state index is 0.0543. The highest BCUT2D eigenvalue weighted by Gasteiger charge is 2.25. The largest absolute Gasteiger partial charge is 0.460 e. The Bertz CT molecular complexity index is 822. The highest BCUT2D eigenvalue weighted by atomic mass is 32.1. The van der Waals surface area contributed by atoms with Gasteiger partial charge in [0.1, 0.15) is 22.6 Å². The van der Waals surface area contributed by atoms with Crippen molar-refractivity contribution >= 4 is 11.3 Å². The first-order valence-electron chi connectivity index (χ1n) is 8.04. The van der Waals surface area contributed by atoms with E-state index in [1.165, 1.54) is 0 Å². The molecule has 0 aliphatic carbocycles. The van der Waals surface area contributed by atoms with Crippen molar-refractivity contribution in [3.63, 3.8) is 0 Å². The summed E-state index contributed by atoms with van der Waals surface area (Å²) in [5.74, 6) is 1.73. The molecule has 1 N–H and O–H groups in total. The van der Waals surface area contributed by atoms with Gasteiger partial charge in [0.05, 0.1) is 12.8 Å². The van der Waals surface area contributed by atoms with Gasteiger partial charge in [0.2, 0.25) is 0 Å². The molecule has 0 radical (unpaired) electrons. The molecule has 0 amide bonds. The van der Waals surface area contributed by atoms with E-state index >= 15 is 0 Å². The molecule has 4 rings (SSSR count). The van der Waals surface area contributed by atoms with Gasteiger partial charge in [-0.1, -0.05) is 0 Å². The van der Waals surface area contributed by atoms with E-state index in [1.54, 1.807) is 11.3 Å². The third-order valence-electron chi connectivity index (χ3n) is 4.16. The second-order valence-electron chi connectivity index (χ2n) is 6.10. The Balaban J connectivity index is 1.49. The number of thiazole rings is 1. The standard InChI is InChI=1S/C17H20N4O2S/c1-11-10-24-17(19-11)15-9-21(5-6-22-15)8-13-7-18-20-16(13)14-4-3-12(2)23-14/h3-4,7,10,15H,5-6,8-9H2,1-2H3,(H,18,20)/t15-/m1/s1. The van der Waals surface area contributed by atoms with Crippen LogP contribution in [0.1, 0.15) is 28.1 Å². The Morgan fingerprint density at radius 1 is 1.38 bits per heavy atom. The Hall–Kier alpha value is -1.96. The zero-order valence-corrected chi connectivity index (χ0v) is 14.6. The first-order valence-corrected chi connectivity index (χ1v) is 8.92. The smallest absolute Gasteiger partial charge is 0.152 e. The second kappa shape index (κ2) is 6.51. The van der Waals surface area contributed by atoms with Crippen LogP contribution in [0.25, 0.3) is 11.5 Å². The van der Waals surface area contributed by atoms with Crippen LogP contribution in [0.15, 0.2) is 28.1 Å². The van der Waals surface area contributed by atoms with E-state index in [-0.39, 0.29) is 6.10 Å². The molecule has 126 valence electrons. The predicted octanol–water partition coefficient (Wildman–Crippen LogP) is 3.32. The summed E-state index contributed by atoms with van der Waals surface area (Å²) < 4.78 is 11.6. The fourth-order valence-corrected chi connectivity index (χ4v) is 3.80. The molecule has 1 atom stereocenters.